The molecule has 0 aromatic carbocycles. The molecular weight excluding hydrogens is 270 g/mol. The summed E-state index contributed by atoms with van der Waals surface area (Å²) in [5.41, 5.74) is 0.657. The Morgan fingerprint density at radius 3 is 2.89 bits per heavy atom. The number of alkyl halides is 1. The van der Waals surface area contributed by atoms with E-state index in [4.69, 9.17) is 11.6 Å². The number of ketones is 1. The number of halogens is 1. The molecule has 1 saturated heterocycles. The van der Waals surface area contributed by atoms with Gasteiger partial charge < -0.3 is 4.90 Å². The quantitative estimate of drug-likeness (QED) is 0.620. The highest BCUT2D eigenvalue weighted by Crippen LogP contribution is 2.29. The number of carbonyl (C=O) groups is 2. The number of aromatic nitrogens is 4. The van der Waals surface area contributed by atoms with E-state index in [1.54, 1.807) is 17.1 Å². The van der Waals surface area contributed by atoms with Gasteiger partial charge in [0.05, 0.1) is 6.04 Å². The number of rotatable bonds is 3. The maximum atomic E-state index is 11.7. The van der Waals surface area contributed by atoms with Crippen LogP contribution in [0.2, 0.25) is 0 Å². The highest BCUT2D eigenvalue weighted by Gasteiger charge is 2.39. The lowest BCUT2D eigenvalue weighted by Gasteiger charge is -2.41. The summed E-state index contributed by atoms with van der Waals surface area (Å²) in [6, 6.07) is -0.0157. The smallest absolute Gasteiger partial charge is 0.229 e. The molecule has 3 rings (SSSR count). The van der Waals surface area contributed by atoms with Crippen LogP contribution in [0.15, 0.2) is 23.9 Å². The zero-order valence-electron chi connectivity index (χ0n) is 9.78. The molecule has 0 spiro atoms. The maximum absolute atomic E-state index is 11.7. The van der Waals surface area contributed by atoms with Crippen molar-refractivity contribution in [1.29, 1.82) is 0 Å². The first-order valence-electron chi connectivity index (χ1n) is 5.77. The number of allylic oxidation sites excluding steroid dienone is 3. The number of nitrogens with zero attached hydrogens (tertiary/aromatic N) is 4. The Bertz CT molecular complexity index is 580. The summed E-state index contributed by atoms with van der Waals surface area (Å²) >= 11 is 5.87. The number of H-pyrrole nitrogens is 1. The molecule has 1 aromatic rings. The van der Waals surface area contributed by atoms with Crippen LogP contribution in [-0.2, 0) is 16.0 Å². The lowest BCUT2D eigenvalue weighted by atomic mass is 9.95. The normalized spacial score (nSPS) is 26.4. The first-order valence-corrected chi connectivity index (χ1v) is 6.21. The molecule has 0 saturated carbocycles. The predicted molar refractivity (Wildman–Crippen MR) is 65.0 cm³/mol. The van der Waals surface area contributed by atoms with Crippen molar-refractivity contribution >= 4 is 23.3 Å². The second-order valence-corrected chi connectivity index (χ2v) is 4.85. The van der Waals surface area contributed by atoms with Gasteiger partial charge in [0.25, 0.3) is 0 Å². The zero-order chi connectivity index (χ0) is 13.4. The molecular formula is C11H10ClN5O2. The minimum Gasteiger partial charge on any atom is -0.309 e. The molecule has 1 fully saturated rings. The van der Waals surface area contributed by atoms with Crippen LogP contribution in [0.3, 0.4) is 0 Å². The van der Waals surface area contributed by atoms with Gasteiger partial charge in [-0.3, -0.25) is 9.59 Å². The highest BCUT2D eigenvalue weighted by molar-refractivity contribution is 6.34. The number of likely N-dealkylation sites (tertiary alicyclic amines) is 1. The number of aromatic amines is 1. The van der Waals surface area contributed by atoms with E-state index in [-0.39, 0.29) is 17.7 Å². The van der Waals surface area contributed by atoms with Gasteiger partial charge in [-0.2, -0.15) is 5.21 Å². The van der Waals surface area contributed by atoms with Crippen LogP contribution in [-0.4, -0.2) is 48.6 Å². The van der Waals surface area contributed by atoms with Crippen LogP contribution in [0.25, 0.3) is 0 Å². The van der Waals surface area contributed by atoms with Crippen molar-refractivity contribution in [2.75, 3.05) is 0 Å². The van der Waals surface area contributed by atoms with E-state index in [9.17, 15) is 9.59 Å². The van der Waals surface area contributed by atoms with Gasteiger partial charge in [-0.05, 0) is 18.2 Å². The van der Waals surface area contributed by atoms with Crippen molar-refractivity contribution in [3.8, 4) is 0 Å². The Kier molecular flexibility index (Phi) is 2.90. The number of carbonyl (C=O) groups excluding carboxylic acids is 2. The third kappa shape index (κ3) is 2.17. The molecule has 1 aliphatic carbocycles. The Morgan fingerprint density at radius 1 is 1.42 bits per heavy atom. The summed E-state index contributed by atoms with van der Waals surface area (Å²) in [5.74, 6) is 0.386. The van der Waals surface area contributed by atoms with Gasteiger partial charge in [0, 0.05) is 18.5 Å². The molecule has 1 aliphatic heterocycles. The van der Waals surface area contributed by atoms with Gasteiger partial charge in [0.15, 0.2) is 11.6 Å². The minimum atomic E-state index is -0.709. The third-order valence-electron chi connectivity index (χ3n) is 3.14. The second-order valence-electron chi connectivity index (χ2n) is 4.38. The van der Waals surface area contributed by atoms with Crippen molar-refractivity contribution in [2.45, 2.75) is 24.3 Å². The van der Waals surface area contributed by atoms with Crippen LogP contribution in [0, 0.1) is 0 Å². The van der Waals surface area contributed by atoms with Gasteiger partial charge >= 0.3 is 0 Å². The van der Waals surface area contributed by atoms with E-state index in [2.05, 4.69) is 20.6 Å². The SMILES string of the molecule is O=C1C=CC(N2C(=O)CC2Cc2nn[nH]n2)=CC1Cl. The number of amides is 1. The van der Waals surface area contributed by atoms with Crippen LogP contribution in [0.5, 0.6) is 0 Å². The van der Waals surface area contributed by atoms with Crippen molar-refractivity contribution < 1.29 is 9.59 Å². The Morgan fingerprint density at radius 2 is 2.26 bits per heavy atom. The van der Waals surface area contributed by atoms with E-state index < -0.39 is 5.38 Å². The fraction of sp³-hybridized carbons (Fsp3) is 0.364. The number of nitrogens with one attached hydrogen (secondary N) is 1. The molecule has 2 atom stereocenters. The van der Waals surface area contributed by atoms with Crippen LogP contribution >= 0.6 is 11.6 Å². The summed E-state index contributed by atoms with van der Waals surface area (Å²) < 4.78 is 0. The van der Waals surface area contributed by atoms with Crippen LogP contribution < -0.4 is 0 Å². The molecule has 0 bridgehead atoms. The first-order chi connectivity index (χ1) is 9.15. The monoisotopic (exact) mass is 279 g/mol. The van der Waals surface area contributed by atoms with Gasteiger partial charge in [-0.15, -0.1) is 21.8 Å². The van der Waals surface area contributed by atoms with Crippen molar-refractivity contribution in [3.05, 3.63) is 29.7 Å². The number of hydrogen-bond donors (Lipinski definition) is 1. The molecule has 2 heterocycles. The van der Waals surface area contributed by atoms with Crippen LogP contribution in [0.1, 0.15) is 12.2 Å². The Balaban J connectivity index is 1.76. The Labute approximate surface area is 113 Å². The lowest BCUT2D eigenvalue weighted by Crippen LogP contribution is -2.53. The summed E-state index contributed by atoms with van der Waals surface area (Å²) in [6.07, 6.45) is 5.55. The van der Waals surface area contributed by atoms with Gasteiger partial charge in [0.1, 0.15) is 5.38 Å². The van der Waals surface area contributed by atoms with E-state index >= 15 is 0 Å². The van der Waals surface area contributed by atoms with E-state index in [1.807, 2.05) is 0 Å². The number of β-lactam (4-membered cyclic amide) rings is 1. The molecule has 2 aliphatic rings. The number of hydrogen-bond acceptors (Lipinski definition) is 5. The maximum Gasteiger partial charge on any atom is 0.229 e. The molecule has 1 aromatic heterocycles. The average molecular weight is 280 g/mol. The zero-order valence-corrected chi connectivity index (χ0v) is 10.5. The fourth-order valence-corrected chi connectivity index (χ4v) is 2.39. The van der Waals surface area contributed by atoms with E-state index in [1.165, 1.54) is 6.08 Å². The van der Waals surface area contributed by atoms with Crippen molar-refractivity contribution in [1.82, 2.24) is 25.5 Å². The summed E-state index contributed by atoms with van der Waals surface area (Å²) in [6.45, 7) is 0. The van der Waals surface area contributed by atoms with Gasteiger partial charge in [-0.25, -0.2) is 0 Å². The van der Waals surface area contributed by atoms with Gasteiger partial charge in [0.2, 0.25) is 5.91 Å². The summed E-state index contributed by atoms with van der Waals surface area (Å²) in [5, 5.41) is 12.9. The van der Waals surface area contributed by atoms with Crippen molar-refractivity contribution in [2.24, 2.45) is 0 Å². The third-order valence-corrected chi connectivity index (χ3v) is 3.48. The molecule has 1 N–H and O–H groups in total. The molecule has 0 radical (unpaired) electrons. The average Bonchev–Trinajstić information content (AvgIpc) is 2.86. The fourth-order valence-electron chi connectivity index (χ4n) is 2.19. The summed E-state index contributed by atoms with van der Waals surface area (Å²) in [7, 11) is 0. The van der Waals surface area contributed by atoms with Crippen molar-refractivity contribution in [3.63, 3.8) is 0 Å². The lowest BCUT2D eigenvalue weighted by molar-refractivity contribution is -0.142. The highest BCUT2D eigenvalue weighted by atomic mass is 35.5. The molecule has 1 amide bonds. The molecule has 8 heteroatoms. The molecule has 7 nitrogen and oxygen atoms in total. The topological polar surface area (TPSA) is 91.8 Å². The standard InChI is InChI=1S/C11H10ClN5O2/c12-8-3-6(1-2-9(8)18)17-7(5-11(17)19)4-10-13-15-16-14-10/h1-3,7-8H,4-5H2,(H,13,14,15,16). The second kappa shape index (κ2) is 4.58. The largest absolute Gasteiger partial charge is 0.309 e. The first kappa shape index (κ1) is 12.0. The minimum absolute atomic E-state index is 0.00242. The molecule has 98 valence electrons. The molecule has 2 unspecified atom stereocenters. The van der Waals surface area contributed by atoms with E-state index in [0.717, 1.165) is 0 Å². The van der Waals surface area contributed by atoms with Crippen LogP contribution in [0.4, 0.5) is 0 Å². The molecule has 19 heavy (non-hydrogen) atoms. The Hall–Kier alpha value is -2.02. The number of tetrazole rings is 1. The predicted octanol–water partition coefficient (Wildman–Crippen LogP) is -0.0267. The van der Waals surface area contributed by atoms with E-state index in [0.29, 0.717) is 24.4 Å². The van der Waals surface area contributed by atoms with Gasteiger partial charge in [-0.1, -0.05) is 5.21 Å². The summed E-state index contributed by atoms with van der Waals surface area (Å²) in [4.78, 5) is 24.6.